The van der Waals surface area contributed by atoms with Crippen molar-refractivity contribution in [3.8, 4) is 0 Å². The molecular weight excluding hydrogens is 294 g/mol. The first kappa shape index (κ1) is 14.4. The van der Waals surface area contributed by atoms with E-state index in [1.54, 1.807) is 4.90 Å². The molecule has 0 radical (unpaired) electrons. The van der Waals surface area contributed by atoms with Gasteiger partial charge in [0.1, 0.15) is 6.04 Å². The molecule has 2 aliphatic heterocycles. The number of carbonyl (C=O) groups is 2. The standard InChI is InChI=1S/C16H21N5O2/c22-14-9-18-15(23)13-10-20(7-8-21(13)14)16-17-6-5-12(19-16)11-3-1-2-4-11/h5-6,11,13H,1-4,7-10H2,(H,18,23)/t13-/m1/s1. The molecule has 1 aliphatic carbocycles. The molecule has 7 heteroatoms. The fourth-order valence-corrected chi connectivity index (χ4v) is 3.83. The second kappa shape index (κ2) is 5.79. The van der Waals surface area contributed by atoms with Crippen LogP contribution in [0.5, 0.6) is 0 Å². The van der Waals surface area contributed by atoms with Crippen molar-refractivity contribution < 1.29 is 9.59 Å². The van der Waals surface area contributed by atoms with Crippen molar-refractivity contribution >= 4 is 17.8 Å². The number of hydrogen-bond donors (Lipinski definition) is 1. The van der Waals surface area contributed by atoms with Crippen molar-refractivity contribution in [2.75, 3.05) is 31.1 Å². The van der Waals surface area contributed by atoms with Gasteiger partial charge in [0.05, 0.1) is 13.1 Å². The first-order valence-corrected chi connectivity index (χ1v) is 8.37. The van der Waals surface area contributed by atoms with Crippen LogP contribution in [-0.2, 0) is 9.59 Å². The van der Waals surface area contributed by atoms with Gasteiger partial charge in [-0.1, -0.05) is 12.8 Å². The summed E-state index contributed by atoms with van der Waals surface area (Å²) in [6.07, 6.45) is 6.75. The van der Waals surface area contributed by atoms with Crippen LogP contribution in [0.4, 0.5) is 5.95 Å². The number of rotatable bonds is 2. The van der Waals surface area contributed by atoms with E-state index in [4.69, 9.17) is 4.98 Å². The summed E-state index contributed by atoms with van der Waals surface area (Å²) < 4.78 is 0. The third-order valence-electron chi connectivity index (χ3n) is 5.14. The summed E-state index contributed by atoms with van der Waals surface area (Å²) in [5.41, 5.74) is 1.11. The Morgan fingerprint density at radius 2 is 2.00 bits per heavy atom. The molecule has 3 heterocycles. The van der Waals surface area contributed by atoms with Gasteiger partial charge in [0, 0.05) is 30.9 Å². The van der Waals surface area contributed by atoms with Crippen LogP contribution in [-0.4, -0.2) is 58.9 Å². The van der Waals surface area contributed by atoms with Gasteiger partial charge in [0.2, 0.25) is 17.8 Å². The Labute approximate surface area is 135 Å². The highest BCUT2D eigenvalue weighted by molar-refractivity contribution is 5.95. The first-order valence-electron chi connectivity index (χ1n) is 8.37. The Kier molecular flexibility index (Phi) is 3.63. The minimum absolute atomic E-state index is 0.00475. The van der Waals surface area contributed by atoms with Crippen molar-refractivity contribution in [1.82, 2.24) is 20.2 Å². The fourth-order valence-electron chi connectivity index (χ4n) is 3.83. The van der Waals surface area contributed by atoms with Crippen molar-refractivity contribution in [3.05, 3.63) is 18.0 Å². The average molecular weight is 315 g/mol. The predicted octanol–water partition coefficient (Wildman–Crippen LogP) is 0.281. The van der Waals surface area contributed by atoms with Gasteiger partial charge in [-0.25, -0.2) is 9.97 Å². The van der Waals surface area contributed by atoms with Crippen LogP contribution >= 0.6 is 0 Å². The molecule has 1 atom stereocenters. The Bertz CT molecular complexity index is 629. The number of amides is 2. The highest BCUT2D eigenvalue weighted by atomic mass is 16.2. The van der Waals surface area contributed by atoms with E-state index in [9.17, 15) is 9.59 Å². The van der Waals surface area contributed by atoms with Crippen LogP contribution in [0.2, 0.25) is 0 Å². The van der Waals surface area contributed by atoms with Gasteiger partial charge in [-0.2, -0.15) is 0 Å². The minimum Gasteiger partial charge on any atom is -0.345 e. The summed E-state index contributed by atoms with van der Waals surface area (Å²) in [6.45, 7) is 1.80. The fraction of sp³-hybridized carbons (Fsp3) is 0.625. The zero-order chi connectivity index (χ0) is 15.8. The lowest BCUT2D eigenvalue weighted by atomic mass is 10.0. The number of aromatic nitrogens is 2. The van der Waals surface area contributed by atoms with Gasteiger partial charge in [-0.15, -0.1) is 0 Å². The number of hydrogen-bond acceptors (Lipinski definition) is 5. The minimum atomic E-state index is -0.427. The SMILES string of the molecule is O=C1NCC(=O)N2CCN(c3nccc(C4CCCC4)n3)C[C@H]12. The largest absolute Gasteiger partial charge is 0.345 e. The molecule has 23 heavy (non-hydrogen) atoms. The molecule has 0 unspecified atom stereocenters. The zero-order valence-corrected chi connectivity index (χ0v) is 13.1. The van der Waals surface area contributed by atoms with Crippen LogP contribution in [0.1, 0.15) is 37.3 Å². The van der Waals surface area contributed by atoms with Crippen molar-refractivity contribution in [1.29, 1.82) is 0 Å². The molecule has 1 saturated carbocycles. The van der Waals surface area contributed by atoms with Crippen molar-refractivity contribution in [2.24, 2.45) is 0 Å². The van der Waals surface area contributed by atoms with Gasteiger partial charge in [-0.3, -0.25) is 9.59 Å². The normalized spacial score (nSPS) is 25.5. The molecule has 122 valence electrons. The van der Waals surface area contributed by atoms with Crippen LogP contribution < -0.4 is 10.2 Å². The molecule has 4 rings (SSSR count). The zero-order valence-electron chi connectivity index (χ0n) is 13.1. The van der Waals surface area contributed by atoms with E-state index in [1.165, 1.54) is 25.7 Å². The maximum Gasteiger partial charge on any atom is 0.245 e. The Morgan fingerprint density at radius 3 is 2.83 bits per heavy atom. The quantitative estimate of drug-likeness (QED) is 0.848. The molecule has 2 amide bonds. The number of fused-ring (bicyclic) bond motifs is 1. The van der Waals surface area contributed by atoms with Gasteiger partial charge >= 0.3 is 0 Å². The van der Waals surface area contributed by atoms with E-state index in [-0.39, 0.29) is 18.4 Å². The number of carbonyl (C=O) groups excluding carboxylic acids is 2. The summed E-state index contributed by atoms with van der Waals surface area (Å²) in [4.78, 5) is 36.8. The van der Waals surface area contributed by atoms with Crippen LogP contribution in [0.3, 0.4) is 0 Å². The second-order valence-electron chi connectivity index (χ2n) is 6.53. The highest BCUT2D eigenvalue weighted by Crippen LogP contribution is 2.33. The van der Waals surface area contributed by atoms with Crippen molar-refractivity contribution in [3.63, 3.8) is 0 Å². The number of piperazine rings is 2. The summed E-state index contributed by atoms with van der Waals surface area (Å²) in [6, 6.07) is 1.58. The smallest absolute Gasteiger partial charge is 0.245 e. The summed E-state index contributed by atoms with van der Waals surface area (Å²) in [5, 5.41) is 2.66. The summed E-state index contributed by atoms with van der Waals surface area (Å²) in [5.74, 6) is 1.13. The second-order valence-corrected chi connectivity index (χ2v) is 6.53. The van der Waals surface area contributed by atoms with Crippen LogP contribution in [0.25, 0.3) is 0 Å². The Balaban J connectivity index is 1.53. The molecule has 3 fully saturated rings. The molecule has 0 aromatic carbocycles. The maximum absolute atomic E-state index is 12.1. The Hall–Kier alpha value is -2.18. The summed E-state index contributed by atoms with van der Waals surface area (Å²) in [7, 11) is 0. The molecule has 1 aromatic heterocycles. The lowest BCUT2D eigenvalue weighted by Crippen LogP contribution is -2.66. The number of anilines is 1. The lowest BCUT2D eigenvalue weighted by Gasteiger charge is -2.42. The highest BCUT2D eigenvalue weighted by Gasteiger charge is 2.39. The lowest BCUT2D eigenvalue weighted by molar-refractivity contribution is -0.146. The van der Waals surface area contributed by atoms with E-state index in [1.807, 2.05) is 17.2 Å². The van der Waals surface area contributed by atoms with Gasteiger partial charge in [0.25, 0.3) is 0 Å². The molecule has 1 N–H and O–H groups in total. The maximum atomic E-state index is 12.1. The Morgan fingerprint density at radius 1 is 1.17 bits per heavy atom. The van der Waals surface area contributed by atoms with E-state index in [0.717, 1.165) is 5.69 Å². The van der Waals surface area contributed by atoms with Gasteiger partial charge in [0.15, 0.2) is 0 Å². The molecule has 2 saturated heterocycles. The monoisotopic (exact) mass is 315 g/mol. The molecule has 1 aromatic rings. The van der Waals surface area contributed by atoms with E-state index < -0.39 is 6.04 Å². The van der Waals surface area contributed by atoms with Gasteiger partial charge < -0.3 is 15.1 Å². The van der Waals surface area contributed by atoms with Crippen LogP contribution in [0, 0.1) is 0 Å². The molecule has 3 aliphatic rings. The predicted molar refractivity (Wildman–Crippen MR) is 84.0 cm³/mol. The van der Waals surface area contributed by atoms with Crippen LogP contribution in [0.15, 0.2) is 12.3 Å². The van der Waals surface area contributed by atoms with Crippen molar-refractivity contribution in [2.45, 2.75) is 37.6 Å². The molecular formula is C16H21N5O2. The van der Waals surface area contributed by atoms with Gasteiger partial charge in [-0.05, 0) is 18.9 Å². The molecule has 0 spiro atoms. The number of nitrogens with one attached hydrogen (secondary N) is 1. The summed E-state index contributed by atoms with van der Waals surface area (Å²) >= 11 is 0. The third kappa shape index (κ3) is 2.64. The molecule has 0 bridgehead atoms. The first-order chi connectivity index (χ1) is 11.2. The van der Waals surface area contributed by atoms with E-state index in [2.05, 4.69) is 10.3 Å². The average Bonchev–Trinajstić information content (AvgIpc) is 3.13. The van der Waals surface area contributed by atoms with E-state index in [0.29, 0.717) is 31.5 Å². The molecule has 7 nitrogen and oxygen atoms in total. The number of nitrogens with zero attached hydrogens (tertiary/aromatic N) is 4. The van der Waals surface area contributed by atoms with E-state index >= 15 is 0 Å². The topological polar surface area (TPSA) is 78.4 Å². The third-order valence-corrected chi connectivity index (χ3v) is 5.14.